The van der Waals surface area contributed by atoms with Crippen molar-refractivity contribution in [2.75, 3.05) is 0 Å². The topological polar surface area (TPSA) is 55.1 Å². The van der Waals surface area contributed by atoms with Gasteiger partial charge in [-0.1, -0.05) is 52.0 Å². The molecule has 0 saturated carbocycles. The van der Waals surface area contributed by atoms with Gasteiger partial charge in [-0.3, -0.25) is 4.79 Å². The van der Waals surface area contributed by atoms with Gasteiger partial charge in [-0.2, -0.15) is 0 Å². The number of nitrogens with one attached hydrogen (secondary N) is 1. The third-order valence-electron chi connectivity index (χ3n) is 3.11. The summed E-state index contributed by atoms with van der Waals surface area (Å²) in [6, 6.07) is 8.34. The normalized spacial score (nSPS) is 13.0. The lowest BCUT2D eigenvalue weighted by atomic mass is 9.94. The number of hydrogen-bond donors (Lipinski definition) is 2. The number of hydrogen-bond acceptors (Lipinski definition) is 3. The van der Waals surface area contributed by atoms with Gasteiger partial charge in [-0.25, -0.2) is 0 Å². The zero-order chi connectivity index (χ0) is 14.4. The number of ketones is 1. The van der Waals surface area contributed by atoms with Crippen LogP contribution in [0.2, 0.25) is 0 Å². The van der Waals surface area contributed by atoms with Crippen molar-refractivity contribution in [2.24, 2.45) is 11.7 Å². The summed E-state index contributed by atoms with van der Waals surface area (Å²) in [5, 5.41) is 3.37. The first kappa shape index (κ1) is 15.9. The van der Waals surface area contributed by atoms with Crippen molar-refractivity contribution in [3.05, 3.63) is 35.4 Å². The van der Waals surface area contributed by atoms with Gasteiger partial charge < -0.3 is 11.1 Å². The van der Waals surface area contributed by atoms with Crippen LogP contribution in [0.25, 0.3) is 0 Å². The van der Waals surface area contributed by atoms with Gasteiger partial charge in [0.25, 0.3) is 0 Å². The van der Waals surface area contributed by atoms with Gasteiger partial charge in [0.2, 0.25) is 0 Å². The first-order valence-electron chi connectivity index (χ1n) is 7.01. The van der Waals surface area contributed by atoms with E-state index in [1.807, 2.05) is 26.0 Å². The fraction of sp³-hybridized carbons (Fsp3) is 0.562. The smallest absolute Gasteiger partial charge is 0.152 e. The predicted octanol–water partition coefficient (Wildman–Crippen LogP) is 2.28. The number of benzene rings is 1. The second-order valence-electron chi connectivity index (χ2n) is 5.66. The Morgan fingerprint density at radius 2 is 1.84 bits per heavy atom. The SMILES string of the molecule is CC(C)N[C@@H](Cc1cccc(CN)c1)C(=O)C(C)C. The Labute approximate surface area is 116 Å². The van der Waals surface area contributed by atoms with E-state index in [0.29, 0.717) is 12.6 Å². The highest BCUT2D eigenvalue weighted by Gasteiger charge is 2.22. The molecule has 3 nitrogen and oxygen atoms in total. The minimum Gasteiger partial charge on any atom is -0.326 e. The van der Waals surface area contributed by atoms with Gasteiger partial charge in [0.05, 0.1) is 6.04 Å². The van der Waals surface area contributed by atoms with Crippen LogP contribution < -0.4 is 11.1 Å². The van der Waals surface area contributed by atoms with E-state index in [9.17, 15) is 4.79 Å². The molecule has 0 radical (unpaired) electrons. The summed E-state index contributed by atoms with van der Waals surface area (Å²) in [6.07, 6.45) is 0.725. The summed E-state index contributed by atoms with van der Waals surface area (Å²) < 4.78 is 0. The number of Topliss-reactive ketones (excluding diaryl/α,β-unsaturated/α-hetero) is 1. The fourth-order valence-electron chi connectivity index (χ4n) is 2.17. The first-order valence-corrected chi connectivity index (χ1v) is 7.01. The van der Waals surface area contributed by atoms with Crippen molar-refractivity contribution in [2.45, 2.75) is 52.7 Å². The highest BCUT2D eigenvalue weighted by Crippen LogP contribution is 2.11. The number of rotatable bonds is 7. The van der Waals surface area contributed by atoms with Crippen LogP contribution in [0.15, 0.2) is 24.3 Å². The molecule has 0 aliphatic carbocycles. The molecule has 0 fully saturated rings. The second-order valence-corrected chi connectivity index (χ2v) is 5.66. The van der Waals surface area contributed by atoms with E-state index in [2.05, 4.69) is 31.3 Å². The standard InChI is InChI=1S/C16H26N2O/c1-11(2)16(19)15(18-12(3)4)9-13-6-5-7-14(8-13)10-17/h5-8,11-12,15,18H,9-10,17H2,1-4H3/t15-/m0/s1. The average molecular weight is 262 g/mol. The molecule has 106 valence electrons. The Balaban J connectivity index is 2.83. The molecular weight excluding hydrogens is 236 g/mol. The molecule has 0 amide bonds. The summed E-state index contributed by atoms with van der Waals surface area (Å²) in [6.45, 7) is 8.57. The Kier molecular flexibility index (Phi) is 6.19. The van der Waals surface area contributed by atoms with E-state index < -0.39 is 0 Å². The Bertz CT molecular complexity index is 413. The second kappa shape index (κ2) is 7.41. The van der Waals surface area contributed by atoms with E-state index in [-0.39, 0.29) is 17.7 Å². The lowest BCUT2D eigenvalue weighted by Gasteiger charge is -2.22. The average Bonchev–Trinajstić information content (AvgIpc) is 2.36. The van der Waals surface area contributed by atoms with Gasteiger partial charge in [-0.05, 0) is 17.5 Å². The largest absolute Gasteiger partial charge is 0.326 e. The van der Waals surface area contributed by atoms with E-state index in [1.54, 1.807) is 0 Å². The molecule has 19 heavy (non-hydrogen) atoms. The van der Waals surface area contributed by atoms with Crippen LogP contribution in [-0.2, 0) is 17.8 Å². The zero-order valence-corrected chi connectivity index (χ0v) is 12.4. The number of nitrogens with two attached hydrogens (primary N) is 1. The van der Waals surface area contributed by atoms with Crippen molar-refractivity contribution in [3.63, 3.8) is 0 Å². The molecule has 1 rings (SSSR count). The summed E-state index contributed by atoms with van der Waals surface area (Å²) >= 11 is 0. The molecule has 0 aliphatic heterocycles. The van der Waals surface area contributed by atoms with Gasteiger partial charge >= 0.3 is 0 Å². The molecule has 0 unspecified atom stereocenters. The van der Waals surface area contributed by atoms with Crippen molar-refractivity contribution in [1.29, 1.82) is 0 Å². The fourth-order valence-corrected chi connectivity index (χ4v) is 2.17. The van der Waals surface area contributed by atoms with Gasteiger partial charge in [0.15, 0.2) is 5.78 Å². The van der Waals surface area contributed by atoms with Crippen LogP contribution in [0.5, 0.6) is 0 Å². The Morgan fingerprint density at radius 3 is 2.37 bits per heavy atom. The molecule has 0 heterocycles. The molecule has 0 aromatic heterocycles. The van der Waals surface area contributed by atoms with Crippen molar-refractivity contribution in [3.8, 4) is 0 Å². The van der Waals surface area contributed by atoms with Gasteiger partial charge in [-0.15, -0.1) is 0 Å². The van der Waals surface area contributed by atoms with Crippen LogP contribution in [0.1, 0.15) is 38.8 Å². The molecule has 1 aromatic carbocycles. The van der Waals surface area contributed by atoms with Crippen LogP contribution in [0, 0.1) is 5.92 Å². The molecular formula is C16H26N2O. The lowest BCUT2D eigenvalue weighted by Crippen LogP contribution is -2.44. The van der Waals surface area contributed by atoms with E-state index in [1.165, 1.54) is 0 Å². The first-order chi connectivity index (χ1) is 8.93. The summed E-state index contributed by atoms with van der Waals surface area (Å²) in [7, 11) is 0. The third-order valence-corrected chi connectivity index (χ3v) is 3.11. The predicted molar refractivity (Wildman–Crippen MR) is 79.9 cm³/mol. The summed E-state index contributed by atoms with van der Waals surface area (Å²) in [5.41, 5.74) is 7.93. The molecule has 3 N–H and O–H groups in total. The minimum atomic E-state index is -0.118. The maximum atomic E-state index is 12.3. The molecule has 1 aromatic rings. The monoisotopic (exact) mass is 262 g/mol. The molecule has 0 aliphatic rings. The Hall–Kier alpha value is -1.19. The van der Waals surface area contributed by atoms with Crippen molar-refractivity contribution < 1.29 is 4.79 Å². The minimum absolute atomic E-state index is 0.0499. The summed E-state index contributed by atoms with van der Waals surface area (Å²) in [4.78, 5) is 12.3. The van der Waals surface area contributed by atoms with E-state index in [0.717, 1.165) is 17.5 Å². The highest BCUT2D eigenvalue weighted by molar-refractivity contribution is 5.86. The highest BCUT2D eigenvalue weighted by atomic mass is 16.1. The van der Waals surface area contributed by atoms with Crippen LogP contribution >= 0.6 is 0 Å². The quantitative estimate of drug-likeness (QED) is 0.792. The Morgan fingerprint density at radius 1 is 1.21 bits per heavy atom. The maximum absolute atomic E-state index is 12.3. The van der Waals surface area contributed by atoms with E-state index >= 15 is 0 Å². The van der Waals surface area contributed by atoms with Crippen LogP contribution in [0.3, 0.4) is 0 Å². The van der Waals surface area contributed by atoms with Crippen LogP contribution in [-0.4, -0.2) is 17.9 Å². The third kappa shape index (κ3) is 5.13. The van der Waals surface area contributed by atoms with E-state index in [4.69, 9.17) is 5.73 Å². The van der Waals surface area contributed by atoms with Gasteiger partial charge in [0.1, 0.15) is 0 Å². The molecule has 3 heteroatoms. The van der Waals surface area contributed by atoms with Crippen molar-refractivity contribution >= 4 is 5.78 Å². The zero-order valence-electron chi connectivity index (χ0n) is 12.4. The maximum Gasteiger partial charge on any atom is 0.152 e. The number of carbonyl (C=O) groups is 1. The molecule has 1 atom stereocenters. The molecule has 0 spiro atoms. The lowest BCUT2D eigenvalue weighted by molar-refractivity contribution is -0.124. The number of carbonyl (C=O) groups excluding carboxylic acids is 1. The van der Waals surface area contributed by atoms with Crippen molar-refractivity contribution in [1.82, 2.24) is 5.32 Å². The molecule has 0 saturated heterocycles. The molecule has 0 bridgehead atoms. The summed E-state index contributed by atoms with van der Waals surface area (Å²) in [5.74, 6) is 0.320. The van der Waals surface area contributed by atoms with Crippen LogP contribution in [0.4, 0.5) is 0 Å². The van der Waals surface area contributed by atoms with Gasteiger partial charge in [0, 0.05) is 18.5 Å².